The number of amides is 3. The van der Waals surface area contributed by atoms with Crippen molar-refractivity contribution in [2.45, 2.75) is 33.7 Å². The van der Waals surface area contributed by atoms with Crippen molar-refractivity contribution in [3.8, 4) is 5.75 Å². The first-order chi connectivity index (χ1) is 13.5. The first-order valence-corrected chi connectivity index (χ1v) is 9.71. The molecule has 6 heteroatoms. The van der Waals surface area contributed by atoms with Crippen molar-refractivity contribution in [3.05, 3.63) is 58.7 Å². The van der Waals surface area contributed by atoms with Gasteiger partial charge in [0.2, 0.25) is 0 Å². The summed E-state index contributed by atoms with van der Waals surface area (Å²) in [6, 6.07) is 11.2. The number of urea groups is 1. The SMILES string of the molecule is CCNC(=O)c1ccc(C)c(NC(=O)N2CCc3ccc(OCC)cc3C2)c1. The number of hydrogen-bond donors (Lipinski definition) is 2. The van der Waals surface area contributed by atoms with Gasteiger partial charge in [-0.25, -0.2) is 4.79 Å². The van der Waals surface area contributed by atoms with Crippen molar-refractivity contribution in [2.75, 3.05) is 25.0 Å². The van der Waals surface area contributed by atoms with Gasteiger partial charge in [0.05, 0.1) is 6.61 Å². The summed E-state index contributed by atoms with van der Waals surface area (Å²) < 4.78 is 5.58. The zero-order valence-electron chi connectivity index (χ0n) is 16.7. The smallest absolute Gasteiger partial charge is 0.322 e. The van der Waals surface area contributed by atoms with E-state index in [0.29, 0.717) is 37.5 Å². The summed E-state index contributed by atoms with van der Waals surface area (Å²) >= 11 is 0. The Labute approximate surface area is 165 Å². The number of anilines is 1. The van der Waals surface area contributed by atoms with E-state index in [1.165, 1.54) is 5.56 Å². The lowest BCUT2D eigenvalue weighted by molar-refractivity contribution is 0.0956. The second kappa shape index (κ2) is 8.78. The van der Waals surface area contributed by atoms with Gasteiger partial charge in [0, 0.05) is 30.9 Å². The molecular formula is C22H27N3O3. The number of ether oxygens (including phenoxy) is 1. The number of nitrogens with zero attached hydrogens (tertiary/aromatic N) is 1. The molecule has 0 bridgehead atoms. The molecule has 0 saturated carbocycles. The molecule has 0 spiro atoms. The van der Waals surface area contributed by atoms with E-state index in [1.54, 1.807) is 17.0 Å². The molecule has 0 saturated heterocycles. The van der Waals surface area contributed by atoms with E-state index in [9.17, 15) is 9.59 Å². The molecule has 6 nitrogen and oxygen atoms in total. The van der Waals surface area contributed by atoms with Gasteiger partial charge in [-0.05, 0) is 68.1 Å². The highest BCUT2D eigenvalue weighted by molar-refractivity contribution is 5.97. The summed E-state index contributed by atoms with van der Waals surface area (Å²) in [6.45, 7) is 8.11. The van der Waals surface area contributed by atoms with Gasteiger partial charge in [-0.2, -0.15) is 0 Å². The number of rotatable bonds is 5. The summed E-state index contributed by atoms with van der Waals surface area (Å²) in [5.41, 5.74) is 4.47. The fourth-order valence-corrected chi connectivity index (χ4v) is 3.32. The second-order valence-electron chi connectivity index (χ2n) is 6.85. The topological polar surface area (TPSA) is 70.7 Å². The predicted molar refractivity (Wildman–Crippen MR) is 110 cm³/mol. The Hall–Kier alpha value is -3.02. The van der Waals surface area contributed by atoms with Gasteiger partial charge in [-0.3, -0.25) is 4.79 Å². The highest BCUT2D eigenvalue weighted by Gasteiger charge is 2.22. The van der Waals surface area contributed by atoms with Crippen molar-refractivity contribution in [2.24, 2.45) is 0 Å². The molecule has 0 atom stereocenters. The molecule has 28 heavy (non-hydrogen) atoms. The minimum atomic E-state index is -0.163. The molecule has 1 aliphatic rings. The van der Waals surface area contributed by atoms with Crippen LogP contribution in [-0.4, -0.2) is 36.5 Å². The van der Waals surface area contributed by atoms with Crippen LogP contribution in [-0.2, 0) is 13.0 Å². The Morgan fingerprint density at radius 2 is 1.93 bits per heavy atom. The molecule has 0 unspecified atom stereocenters. The molecule has 2 N–H and O–H groups in total. The van der Waals surface area contributed by atoms with Crippen molar-refractivity contribution in [1.29, 1.82) is 0 Å². The van der Waals surface area contributed by atoms with Crippen LogP contribution in [0.5, 0.6) is 5.75 Å². The molecule has 148 valence electrons. The van der Waals surface area contributed by atoms with Crippen molar-refractivity contribution in [3.63, 3.8) is 0 Å². The Balaban J connectivity index is 1.72. The van der Waals surface area contributed by atoms with Crippen LogP contribution in [0.15, 0.2) is 36.4 Å². The molecule has 3 amide bonds. The van der Waals surface area contributed by atoms with Crippen molar-refractivity contribution < 1.29 is 14.3 Å². The zero-order valence-corrected chi connectivity index (χ0v) is 16.7. The van der Waals surface area contributed by atoms with Crippen LogP contribution in [0.25, 0.3) is 0 Å². The summed E-state index contributed by atoms with van der Waals surface area (Å²) in [4.78, 5) is 26.7. The largest absolute Gasteiger partial charge is 0.494 e. The van der Waals surface area contributed by atoms with E-state index in [-0.39, 0.29) is 11.9 Å². The van der Waals surface area contributed by atoms with Crippen LogP contribution < -0.4 is 15.4 Å². The van der Waals surface area contributed by atoms with Gasteiger partial charge in [0.15, 0.2) is 0 Å². The third-order valence-corrected chi connectivity index (χ3v) is 4.87. The lowest BCUT2D eigenvalue weighted by Gasteiger charge is -2.29. The van der Waals surface area contributed by atoms with Gasteiger partial charge < -0.3 is 20.3 Å². The molecule has 0 radical (unpaired) electrons. The van der Waals surface area contributed by atoms with Crippen LogP contribution >= 0.6 is 0 Å². The van der Waals surface area contributed by atoms with Crippen LogP contribution in [0.1, 0.15) is 40.9 Å². The first kappa shape index (κ1) is 19.7. The van der Waals surface area contributed by atoms with E-state index in [1.807, 2.05) is 39.0 Å². The number of hydrogen-bond acceptors (Lipinski definition) is 3. The monoisotopic (exact) mass is 381 g/mol. The van der Waals surface area contributed by atoms with Gasteiger partial charge in [-0.1, -0.05) is 12.1 Å². The maximum Gasteiger partial charge on any atom is 0.322 e. The number of aryl methyl sites for hydroxylation is 1. The number of carbonyl (C=O) groups excluding carboxylic acids is 2. The minimum absolute atomic E-state index is 0.145. The van der Waals surface area contributed by atoms with Gasteiger partial charge in [0.25, 0.3) is 5.91 Å². The molecule has 3 rings (SSSR count). The van der Waals surface area contributed by atoms with Crippen LogP contribution in [0.2, 0.25) is 0 Å². The summed E-state index contributed by atoms with van der Waals surface area (Å²) in [5, 5.41) is 5.74. The van der Waals surface area contributed by atoms with Crippen molar-refractivity contribution in [1.82, 2.24) is 10.2 Å². The number of carbonyl (C=O) groups is 2. The molecule has 0 aliphatic carbocycles. The Kier molecular flexibility index (Phi) is 6.19. The van der Waals surface area contributed by atoms with Crippen molar-refractivity contribution >= 4 is 17.6 Å². The second-order valence-corrected chi connectivity index (χ2v) is 6.85. The summed E-state index contributed by atoms with van der Waals surface area (Å²) in [5.74, 6) is 0.683. The molecule has 2 aromatic carbocycles. The van der Waals surface area contributed by atoms with E-state index < -0.39 is 0 Å². The van der Waals surface area contributed by atoms with Crippen LogP contribution in [0, 0.1) is 6.92 Å². The third-order valence-electron chi connectivity index (χ3n) is 4.87. The Bertz CT molecular complexity index is 879. The highest BCUT2D eigenvalue weighted by atomic mass is 16.5. The molecule has 0 aromatic heterocycles. The van der Waals surface area contributed by atoms with Gasteiger partial charge in [-0.15, -0.1) is 0 Å². The quantitative estimate of drug-likeness (QED) is 0.829. The molecule has 0 fully saturated rings. The molecule has 2 aromatic rings. The predicted octanol–water partition coefficient (Wildman–Crippen LogP) is 3.73. The normalized spacial score (nSPS) is 12.9. The maximum absolute atomic E-state index is 12.8. The van der Waals surface area contributed by atoms with Crippen LogP contribution in [0.3, 0.4) is 0 Å². The minimum Gasteiger partial charge on any atom is -0.494 e. The number of benzene rings is 2. The maximum atomic E-state index is 12.8. The average Bonchev–Trinajstić information content (AvgIpc) is 2.69. The summed E-state index contributed by atoms with van der Waals surface area (Å²) in [6.07, 6.45) is 0.813. The molecular weight excluding hydrogens is 354 g/mol. The van der Waals surface area contributed by atoms with E-state index in [4.69, 9.17) is 4.74 Å². The zero-order chi connectivity index (χ0) is 20.1. The third kappa shape index (κ3) is 4.44. The van der Waals surface area contributed by atoms with Gasteiger partial charge in [0.1, 0.15) is 5.75 Å². The van der Waals surface area contributed by atoms with E-state index in [0.717, 1.165) is 23.3 Å². The first-order valence-electron chi connectivity index (χ1n) is 9.71. The number of nitrogens with one attached hydrogen (secondary N) is 2. The Morgan fingerprint density at radius 1 is 1.11 bits per heavy atom. The fraction of sp³-hybridized carbons (Fsp3) is 0.364. The molecule has 1 aliphatic heterocycles. The standard InChI is InChI=1S/C22H27N3O3/c1-4-23-21(26)17-7-6-15(3)20(13-17)24-22(27)25-11-10-16-8-9-19(28-5-2)12-18(16)14-25/h6-9,12-13H,4-5,10-11,14H2,1-3H3,(H,23,26)(H,24,27). The fourth-order valence-electron chi connectivity index (χ4n) is 3.32. The van der Waals surface area contributed by atoms with E-state index in [2.05, 4.69) is 16.7 Å². The average molecular weight is 381 g/mol. The van der Waals surface area contributed by atoms with Gasteiger partial charge >= 0.3 is 6.03 Å². The Morgan fingerprint density at radius 3 is 2.68 bits per heavy atom. The summed E-state index contributed by atoms with van der Waals surface area (Å²) in [7, 11) is 0. The van der Waals surface area contributed by atoms with E-state index >= 15 is 0 Å². The number of fused-ring (bicyclic) bond motifs is 1. The van der Waals surface area contributed by atoms with Crippen LogP contribution in [0.4, 0.5) is 10.5 Å². The molecule has 1 heterocycles. The lowest BCUT2D eigenvalue weighted by Crippen LogP contribution is -2.39. The lowest BCUT2D eigenvalue weighted by atomic mass is 9.99. The highest BCUT2D eigenvalue weighted by Crippen LogP contribution is 2.25.